The summed E-state index contributed by atoms with van der Waals surface area (Å²) in [6.45, 7) is 3.90. The lowest BCUT2D eigenvalue weighted by molar-refractivity contribution is 0.103. The van der Waals surface area contributed by atoms with Crippen LogP contribution in [0.2, 0.25) is 0 Å². The summed E-state index contributed by atoms with van der Waals surface area (Å²) in [6.07, 6.45) is 1.32. The number of aromatic nitrogens is 10. The molecule has 16 nitrogen and oxygen atoms in total. The fraction of sp³-hybridized carbons (Fsp3) is 0.267. The molecule has 0 unspecified atom stereocenters. The lowest BCUT2D eigenvalue weighted by Gasteiger charge is -2.09. The predicted molar refractivity (Wildman–Crippen MR) is 160 cm³/mol. The number of ether oxygens (including phenoxy) is 4. The van der Waals surface area contributed by atoms with Gasteiger partial charge in [-0.1, -0.05) is 13.8 Å². The molecule has 0 fully saturated rings. The summed E-state index contributed by atoms with van der Waals surface area (Å²) >= 11 is 0. The van der Waals surface area contributed by atoms with E-state index in [1.807, 2.05) is 13.8 Å². The van der Waals surface area contributed by atoms with Crippen LogP contribution in [0.25, 0.3) is 34.1 Å². The third-order valence-corrected chi connectivity index (χ3v) is 7.76. The van der Waals surface area contributed by atoms with Gasteiger partial charge in [-0.25, -0.2) is 9.97 Å². The van der Waals surface area contributed by atoms with Crippen LogP contribution in [0.1, 0.15) is 57.6 Å². The van der Waals surface area contributed by atoms with Gasteiger partial charge in [0.15, 0.2) is 40.3 Å². The number of carbonyl (C=O) groups excluding carboxylic acids is 2. The number of nitrogens with zero attached hydrogens (tertiary/aromatic N) is 10. The molecule has 0 amide bonds. The molecular weight excluding hydrogens is 596 g/mol. The zero-order valence-electron chi connectivity index (χ0n) is 25.6. The number of aryl methyl sites for hydroxylation is 2. The standard InChI is InChI=1S/2C15H13N5O3/c1-4-11-17-18-15-16-13-12(19-20(11)15)7-5-9(22-2)10(23-3)6-8(7)14(13)21;1-4-11-17-18-15-16-12-7-5-9(22-2)10(23-3)6-8(7)14(21)13(12)19-20(11)15/h2*5-6H,4H2,1-3H3. The van der Waals surface area contributed by atoms with Gasteiger partial charge in [0.05, 0.1) is 28.4 Å². The van der Waals surface area contributed by atoms with E-state index in [9.17, 15) is 9.59 Å². The fourth-order valence-corrected chi connectivity index (χ4v) is 5.45. The summed E-state index contributed by atoms with van der Waals surface area (Å²) in [4.78, 5) is 34.1. The Morgan fingerprint density at radius 1 is 0.522 bits per heavy atom. The van der Waals surface area contributed by atoms with Gasteiger partial charge in [0.2, 0.25) is 11.6 Å². The highest BCUT2D eigenvalue weighted by molar-refractivity contribution is 6.21. The molecule has 46 heavy (non-hydrogen) atoms. The molecule has 0 atom stereocenters. The van der Waals surface area contributed by atoms with E-state index in [1.165, 1.54) is 18.7 Å². The highest BCUT2D eigenvalue weighted by Gasteiger charge is 2.34. The summed E-state index contributed by atoms with van der Waals surface area (Å²) in [6, 6.07) is 6.79. The molecule has 0 saturated carbocycles. The van der Waals surface area contributed by atoms with Gasteiger partial charge in [0.25, 0.3) is 11.6 Å². The Morgan fingerprint density at radius 2 is 0.913 bits per heavy atom. The Kier molecular flexibility index (Phi) is 6.76. The molecule has 4 aromatic heterocycles. The molecule has 0 aliphatic heterocycles. The Balaban J connectivity index is 0.000000147. The van der Waals surface area contributed by atoms with Gasteiger partial charge < -0.3 is 18.9 Å². The minimum atomic E-state index is -0.202. The number of hydrogen-bond acceptors (Lipinski definition) is 14. The van der Waals surface area contributed by atoms with Gasteiger partial charge in [0, 0.05) is 35.1 Å². The minimum Gasteiger partial charge on any atom is -0.493 e. The quantitative estimate of drug-likeness (QED) is 0.264. The van der Waals surface area contributed by atoms with Crippen molar-refractivity contribution in [1.82, 2.24) is 49.6 Å². The van der Waals surface area contributed by atoms with Gasteiger partial charge in [-0.15, -0.1) is 20.4 Å². The molecule has 0 radical (unpaired) electrons. The highest BCUT2D eigenvalue weighted by atomic mass is 16.5. The van der Waals surface area contributed by atoms with Crippen molar-refractivity contribution < 1.29 is 28.5 Å². The fourth-order valence-electron chi connectivity index (χ4n) is 5.45. The monoisotopic (exact) mass is 622 g/mol. The smallest absolute Gasteiger partial charge is 0.272 e. The van der Waals surface area contributed by atoms with Crippen LogP contribution in [-0.2, 0) is 12.8 Å². The number of carbonyl (C=O) groups is 2. The Labute approximate surface area is 260 Å². The zero-order valence-corrected chi connectivity index (χ0v) is 25.6. The molecule has 232 valence electrons. The molecule has 0 spiro atoms. The average Bonchev–Trinajstić information content (AvgIpc) is 3.83. The van der Waals surface area contributed by atoms with E-state index in [0.717, 1.165) is 0 Å². The van der Waals surface area contributed by atoms with Crippen molar-refractivity contribution in [2.24, 2.45) is 0 Å². The topological polar surface area (TPSA) is 183 Å². The third kappa shape index (κ3) is 4.13. The van der Waals surface area contributed by atoms with E-state index < -0.39 is 0 Å². The molecule has 0 saturated heterocycles. The van der Waals surface area contributed by atoms with Crippen LogP contribution in [-0.4, -0.2) is 89.6 Å². The first kappa shape index (κ1) is 28.7. The molecule has 2 aliphatic rings. The van der Waals surface area contributed by atoms with Crippen LogP contribution in [0.15, 0.2) is 24.3 Å². The molecule has 16 heteroatoms. The van der Waals surface area contributed by atoms with Gasteiger partial charge in [-0.2, -0.15) is 19.2 Å². The summed E-state index contributed by atoms with van der Waals surface area (Å²) in [5.41, 5.74) is 3.90. The van der Waals surface area contributed by atoms with Crippen LogP contribution >= 0.6 is 0 Å². The first-order chi connectivity index (χ1) is 22.3. The van der Waals surface area contributed by atoms with Crippen molar-refractivity contribution >= 4 is 23.1 Å². The molecule has 6 aromatic rings. The normalized spacial score (nSPS) is 12.4. The van der Waals surface area contributed by atoms with E-state index in [1.54, 1.807) is 43.0 Å². The second kappa shape index (κ2) is 10.8. The highest BCUT2D eigenvalue weighted by Crippen LogP contribution is 2.42. The molecule has 2 aliphatic carbocycles. The largest absolute Gasteiger partial charge is 0.493 e. The van der Waals surface area contributed by atoms with E-state index in [4.69, 9.17) is 18.9 Å². The van der Waals surface area contributed by atoms with E-state index in [2.05, 4.69) is 40.6 Å². The molecule has 2 aromatic carbocycles. The second-order valence-corrected chi connectivity index (χ2v) is 10.1. The molecule has 0 N–H and O–H groups in total. The molecular formula is C30H26N10O6. The number of methoxy groups -OCH3 is 4. The third-order valence-electron chi connectivity index (χ3n) is 7.76. The van der Waals surface area contributed by atoms with Crippen LogP contribution in [0.4, 0.5) is 0 Å². The van der Waals surface area contributed by atoms with Crippen LogP contribution in [0.3, 0.4) is 0 Å². The summed E-state index contributed by atoms with van der Waals surface area (Å²) in [5, 5.41) is 25.0. The predicted octanol–water partition coefficient (Wildman–Crippen LogP) is 2.62. The molecule has 0 bridgehead atoms. The maximum atomic E-state index is 12.7. The van der Waals surface area contributed by atoms with Gasteiger partial charge in [0.1, 0.15) is 17.1 Å². The van der Waals surface area contributed by atoms with Crippen molar-refractivity contribution in [1.29, 1.82) is 0 Å². The van der Waals surface area contributed by atoms with Crippen molar-refractivity contribution in [2.75, 3.05) is 28.4 Å². The Hall–Kier alpha value is -6.06. The van der Waals surface area contributed by atoms with Crippen molar-refractivity contribution in [3.8, 4) is 45.5 Å². The average molecular weight is 623 g/mol. The SMILES string of the molecule is CCc1nnc2nc3c(nn12)-c1cc(OC)c(OC)cc1C3=O.CCc1nnc2nc3c(nn12)C(=O)c1cc(OC)c(OC)cc1-3. The number of hydrogen-bond donors (Lipinski definition) is 0. The summed E-state index contributed by atoms with van der Waals surface area (Å²) in [7, 11) is 6.15. The van der Waals surface area contributed by atoms with E-state index >= 15 is 0 Å². The number of fused-ring (bicyclic) bond motifs is 8. The maximum Gasteiger partial charge on any atom is 0.272 e. The van der Waals surface area contributed by atoms with Gasteiger partial charge >= 0.3 is 0 Å². The zero-order chi connectivity index (χ0) is 32.3. The van der Waals surface area contributed by atoms with Crippen LogP contribution in [0, 0.1) is 0 Å². The van der Waals surface area contributed by atoms with Gasteiger partial charge in [-0.05, 0) is 24.3 Å². The Morgan fingerprint density at radius 3 is 1.37 bits per heavy atom. The summed E-state index contributed by atoms with van der Waals surface area (Å²) in [5.74, 6) is 3.70. The lowest BCUT2D eigenvalue weighted by atomic mass is 10.1. The van der Waals surface area contributed by atoms with Crippen molar-refractivity contribution in [3.63, 3.8) is 0 Å². The maximum absolute atomic E-state index is 12.7. The van der Waals surface area contributed by atoms with Crippen LogP contribution < -0.4 is 18.9 Å². The van der Waals surface area contributed by atoms with Crippen molar-refractivity contribution in [3.05, 3.63) is 58.4 Å². The molecule has 8 rings (SSSR count). The van der Waals surface area contributed by atoms with Crippen LogP contribution in [0.5, 0.6) is 23.0 Å². The Bertz CT molecular complexity index is 2240. The first-order valence-corrected chi connectivity index (χ1v) is 14.2. The lowest BCUT2D eigenvalue weighted by Crippen LogP contribution is -2.07. The minimum absolute atomic E-state index is 0.193. The molecule has 4 heterocycles. The first-order valence-electron chi connectivity index (χ1n) is 14.2. The second-order valence-electron chi connectivity index (χ2n) is 10.1. The van der Waals surface area contributed by atoms with E-state index in [0.29, 0.717) is 92.7 Å². The number of rotatable bonds is 6. The number of benzene rings is 2. The van der Waals surface area contributed by atoms with Gasteiger partial charge in [-0.3, -0.25) is 9.59 Å². The van der Waals surface area contributed by atoms with Crippen molar-refractivity contribution in [2.45, 2.75) is 26.7 Å². The summed E-state index contributed by atoms with van der Waals surface area (Å²) < 4.78 is 24.2. The van der Waals surface area contributed by atoms with E-state index in [-0.39, 0.29) is 23.0 Å². The number of ketones is 2.